The summed E-state index contributed by atoms with van der Waals surface area (Å²) in [6.07, 6.45) is 0. The maximum absolute atomic E-state index is 13.3. The smallest absolute Gasteiger partial charge is 0.270 e. The highest BCUT2D eigenvalue weighted by atomic mass is 32.1. The number of benzene rings is 2. The number of thiazole rings is 1. The van der Waals surface area contributed by atoms with Crippen molar-refractivity contribution in [3.63, 3.8) is 0 Å². The van der Waals surface area contributed by atoms with Crippen LogP contribution in [-0.4, -0.2) is 16.8 Å². The van der Waals surface area contributed by atoms with Gasteiger partial charge in [0.25, 0.3) is 11.8 Å². The molecule has 0 saturated heterocycles. The summed E-state index contributed by atoms with van der Waals surface area (Å²) in [4.78, 5) is 28.2. The van der Waals surface area contributed by atoms with Gasteiger partial charge in [-0.3, -0.25) is 9.59 Å². The molecule has 4 N–H and O–H groups in total. The zero-order valence-electron chi connectivity index (χ0n) is 14.7. The van der Waals surface area contributed by atoms with Crippen molar-refractivity contribution in [1.82, 2.24) is 4.98 Å². The third kappa shape index (κ3) is 4.12. The maximum Gasteiger partial charge on any atom is 0.270 e. The number of hydrogen-bond donors (Lipinski definition) is 3. The van der Waals surface area contributed by atoms with Gasteiger partial charge in [0.2, 0.25) is 0 Å². The molecule has 2 amide bonds. The lowest BCUT2D eigenvalue weighted by Crippen LogP contribution is -2.17. The normalized spacial score (nSPS) is 10.5. The fourth-order valence-corrected chi connectivity index (χ4v) is 3.31. The van der Waals surface area contributed by atoms with E-state index in [2.05, 4.69) is 15.6 Å². The molecular weight excluding hydrogens is 367 g/mol. The van der Waals surface area contributed by atoms with E-state index >= 15 is 0 Å². The van der Waals surface area contributed by atoms with E-state index in [-0.39, 0.29) is 16.3 Å². The standard InChI is InChI=1S/C19H17FN4O2S/c1-10-5-3-8-14(11(10)2)22-19-23-15(16(21)25)18(27-19)24-17(26)12-6-4-7-13(20)9-12/h3-9H,1-2H3,(H2,21,25)(H,22,23)(H,24,26). The Morgan fingerprint density at radius 2 is 1.89 bits per heavy atom. The molecule has 3 rings (SSSR count). The van der Waals surface area contributed by atoms with Crippen LogP contribution in [0.15, 0.2) is 42.5 Å². The van der Waals surface area contributed by atoms with Crippen LogP contribution in [-0.2, 0) is 0 Å². The van der Waals surface area contributed by atoms with Gasteiger partial charge in [0.15, 0.2) is 10.8 Å². The van der Waals surface area contributed by atoms with Crippen LogP contribution in [0.25, 0.3) is 0 Å². The molecule has 6 nitrogen and oxygen atoms in total. The molecule has 0 saturated carbocycles. The zero-order valence-corrected chi connectivity index (χ0v) is 15.5. The summed E-state index contributed by atoms with van der Waals surface area (Å²) in [6, 6.07) is 11.0. The zero-order chi connectivity index (χ0) is 19.6. The van der Waals surface area contributed by atoms with Crippen molar-refractivity contribution in [2.45, 2.75) is 13.8 Å². The molecule has 0 spiro atoms. The van der Waals surface area contributed by atoms with Crippen molar-refractivity contribution in [1.29, 1.82) is 0 Å². The average molecular weight is 384 g/mol. The quantitative estimate of drug-likeness (QED) is 0.619. The van der Waals surface area contributed by atoms with Crippen molar-refractivity contribution in [3.8, 4) is 0 Å². The first-order valence-corrected chi connectivity index (χ1v) is 8.87. The van der Waals surface area contributed by atoms with Gasteiger partial charge in [-0.25, -0.2) is 9.37 Å². The van der Waals surface area contributed by atoms with Crippen molar-refractivity contribution in [2.75, 3.05) is 10.6 Å². The number of carbonyl (C=O) groups excluding carboxylic acids is 2. The summed E-state index contributed by atoms with van der Waals surface area (Å²) in [6.45, 7) is 3.95. The van der Waals surface area contributed by atoms with Gasteiger partial charge in [-0.15, -0.1) is 0 Å². The molecule has 27 heavy (non-hydrogen) atoms. The number of aromatic nitrogens is 1. The maximum atomic E-state index is 13.3. The first-order valence-electron chi connectivity index (χ1n) is 8.06. The van der Waals surface area contributed by atoms with Crippen LogP contribution in [0.3, 0.4) is 0 Å². The predicted molar refractivity (Wildman–Crippen MR) is 104 cm³/mol. The topological polar surface area (TPSA) is 97.1 Å². The molecule has 0 fully saturated rings. The lowest BCUT2D eigenvalue weighted by molar-refractivity contribution is 0.0997. The molecule has 3 aromatic rings. The SMILES string of the molecule is Cc1cccc(Nc2nc(C(N)=O)c(NC(=O)c3cccc(F)c3)s2)c1C. The van der Waals surface area contributed by atoms with Gasteiger partial charge >= 0.3 is 0 Å². The van der Waals surface area contributed by atoms with E-state index in [0.717, 1.165) is 34.2 Å². The molecule has 0 atom stereocenters. The molecule has 138 valence electrons. The molecule has 0 aliphatic heterocycles. The molecule has 2 aromatic carbocycles. The minimum absolute atomic E-state index is 0.0578. The van der Waals surface area contributed by atoms with Crippen LogP contribution in [0, 0.1) is 19.7 Å². The second kappa shape index (κ2) is 7.55. The number of carbonyl (C=O) groups is 2. The number of amides is 2. The Morgan fingerprint density at radius 3 is 2.59 bits per heavy atom. The van der Waals surface area contributed by atoms with E-state index in [1.165, 1.54) is 18.2 Å². The molecular formula is C19H17FN4O2S. The molecule has 1 heterocycles. The van der Waals surface area contributed by atoms with Crippen LogP contribution in [0.5, 0.6) is 0 Å². The highest BCUT2D eigenvalue weighted by molar-refractivity contribution is 7.20. The Labute approximate surface area is 159 Å². The summed E-state index contributed by atoms with van der Waals surface area (Å²) in [5.41, 5.74) is 8.43. The summed E-state index contributed by atoms with van der Waals surface area (Å²) < 4.78 is 13.3. The van der Waals surface area contributed by atoms with Gasteiger partial charge in [0.1, 0.15) is 10.8 Å². The Hall–Kier alpha value is -3.26. The Bertz CT molecular complexity index is 1030. The molecule has 0 aliphatic carbocycles. The van der Waals surface area contributed by atoms with Crippen LogP contribution in [0.4, 0.5) is 20.2 Å². The van der Waals surface area contributed by atoms with Gasteiger partial charge in [-0.2, -0.15) is 0 Å². The highest BCUT2D eigenvalue weighted by Crippen LogP contribution is 2.32. The number of nitrogens with one attached hydrogen (secondary N) is 2. The predicted octanol–water partition coefficient (Wildman–Crippen LogP) is 3.99. The minimum Gasteiger partial charge on any atom is -0.364 e. The Kier molecular flexibility index (Phi) is 5.18. The van der Waals surface area contributed by atoms with Gasteiger partial charge in [-0.05, 0) is 49.2 Å². The number of anilines is 3. The first kappa shape index (κ1) is 18.5. The molecule has 8 heteroatoms. The molecule has 0 aliphatic rings. The van der Waals surface area contributed by atoms with Crippen LogP contribution in [0.1, 0.15) is 32.0 Å². The van der Waals surface area contributed by atoms with Gasteiger partial charge in [0, 0.05) is 11.3 Å². The fraction of sp³-hybridized carbons (Fsp3) is 0.105. The third-order valence-corrected chi connectivity index (χ3v) is 4.91. The highest BCUT2D eigenvalue weighted by Gasteiger charge is 2.19. The van der Waals surface area contributed by atoms with Crippen LogP contribution in [0.2, 0.25) is 0 Å². The van der Waals surface area contributed by atoms with E-state index in [0.29, 0.717) is 5.13 Å². The largest absolute Gasteiger partial charge is 0.364 e. The Morgan fingerprint density at radius 1 is 1.15 bits per heavy atom. The number of halogens is 1. The first-order chi connectivity index (χ1) is 12.8. The summed E-state index contributed by atoms with van der Waals surface area (Å²) >= 11 is 1.08. The van der Waals surface area contributed by atoms with Crippen LogP contribution < -0.4 is 16.4 Å². The van der Waals surface area contributed by atoms with Crippen LogP contribution >= 0.6 is 11.3 Å². The van der Waals surface area contributed by atoms with E-state index in [9.17, 15) is 14.0 Å². The fourth-order valence-electron chi connectivity index (χ4n) is 2.43. The molecule has 0 bridgehead atoms. The number of rotatable bonds is 5. The van der Waals surface area contributed by atoms with Crippen molar-refractivity contribution in [3.05, 3.63) is 70.7 Å². The minimum atomic E-state index is -0.769. The third-order valence-electron chi connectivity index (χ3n) is 4.02. The average Bonchev–Trinajstić information content (AvgIpc) is 3.01. The number of hydrogen-bond acceptors (Lipinski definition) is 5. The number of primary amides is 1. The summed E-state index contributed by atoms with van der Waals surface area (Å²) in [7, 11) is 0. The van der Waals surface area contributed by atoms with Gasteiger partial charge in [0.05, 0.1) is 0 Å². The second-order valence-electron chi connectivity index (χ2n) is 5.90. The number of aryl methyl sites for hydroxylation is 1. The Balaban J connectivity index is 1.88. The van der Waals surface area contributed by atoms with Crippen molar-refractivity contribution >= 4 is 39.0 Å². The molecule has 0 unspecified atom stereocenters. The van der Waals surface area contributed by atoms with E-state index < -0.39 is 17.6 Å². The number of nitrogens with zero attached hydrogens (tertiary/aromatic N) is 1. The van der Waals surface area contributed by atoms with Crippen molar-refractivity contribution in [2.24, 2.45) is 5.73 Å². The molecule has 1 aromatic heterocycles. The van der Waals surface area contributed by atoms with Gasteiger partial charge < -0.3 is 16.4 Å². The van der Waals surface area contributed by atoms with Crippen molar-refractivity contribution < 1.29 is 14.0 Å². The summed E-state index contributed by atoms with van der Waals surface area (Å²) in [5, 5.41) is 6.32. The number of nitrogens with two attached hydrogens (primary N) is 1. The van der Waals surface area contributed by atoms with E-state index in [1.54, 1.807) is 0 Å². The van der Waals surface area contributed by atoms with E-state index in [4.69, 9.17) is 5.73 Å². The second-order valence-corrected chi connectivity index (χ2v) is 6.90. The summed E-state index contributed by atoms with van der Waals surface area (Å²) in [5.74, 6) is -1.85. The van der Waals surface area contributed by atoms with Gasteiger partial charge in [-0.1, -0.05) is 29.5 Å². The lowest BCUT2D eigenvalue weighted by atomic mass is 10.1. The monoisotopic (exact) mass is 384 g/mol. The van der Waals surface area contributed by atoms with E-state index in [1.807, 2.05) is 32.0 Å². The lowest BCUT2D eigenvalue weighted by Gasteiger charge is -2.08. The molecule has 0 radical (unpaired) electrons.